The lowest BCUT2D eigenvalue weighted by Gasteiger charge is -2.26. The highest BCUT2D eigenvalue weighted by Crippen LogP contribution is 2.38. The predicted molar refractivity (Wildman–Crippen MR) is 129 cm³/mol. The maximum absolute atomic E-state index is 5.43. The van der Waals surface area contributed by atoms with Gasteiger partial charge in [-0.05, 0) is 54.8 Å². The molecule has 0 spiro atoms. The first-order valence-electron chi connectivity index (χ1n) is 11.2. The smallest absolute Gasteiger partial charge is 0.203 e. The molecule has 2 aromatic rings. The van der Waals surface area contributed by atoms with Crippen LogP contribution in [-0.2, 0) is 19.6 Å². The van der Waals surface area contributed by atoms with E-state index in [4.69, 9.17) is 14.2 Å². The fourth-order valence-electron chi connectivity index (χ4n) is 3.97. The summed E-state index contributed by atoms with van der Waals surface area (Å²) in [4.78, 5) is 6.88. The monoisotopic (exact) mass is 440 g/mol. The number of benzene rings is 2. The van der Waals surface area contributed by atoms with E-state index >= 15 is 0 Å². The summed E-state index contributed by atoms with van der Waals surface area (Å²) in [6.07, 6.45) is 4.02. The molecular formula is C25H36N4O3. The van der Waals surface area contributed by atoms with Crippen LogP contribution in [0, 0.1) is 0 Å². The number of rotatable bonds is 9. The molecule has 7 heteroatoms. The van der Waals surface area contributed by atoms with E-state index < -0.39 is 0 Å². The Bertz CT molecular complexity index is 852. The highest BCUT2D eigenvalue weighted by Gasteiger charge is 2.13. The average Bonchev–Trinajstić information content (AvgIpc) is 2.85. The Morgan fingerprint density at radius 1 is 0.812 bits per heavy atom. The highest BCUT2D eigenvalue weighted by atomic mass is 16.5. The number of hydrogen-bond donors (Lipinski definition) is 2. The van der Waals surface area contributed by atoms with Gasteiger partial charge in [0, 0.05) is 26.7 Å². The van der Waals surface area contributed by atoms with Gasteiger partial charge in [-0.25, -0.2) is 0 Å². The van der Waals surface area contributed by atoms with Crippen molar-refractivity contribution in [1.82, 2.24) is 15.5 Å². The number of nitrogens with one attached hydrogen (secondary N) is 2. The van der Waals surface area contributed by atoms with Gasteiger partial charge < -0.3 is 24.8 Å². The predicted octanol–water partition coefficient (Wildman–Crippen LogP) is 3.56. The van der Waals surface area contributed by atoms with Crippen LogP contribution in [0.5, 0.6) is 17.2 Å². The van der Waals surface area contributed by atoms with Crippen molar-refractivity contribution in [2.45, 2.75) is 38.9 Å². The minimum absolute atomic E-state index is 0.575. The number of hydrogen-bond acceptors (Lipinski definition) is 5. The lowest BCUT2D eigenvalue weighted by atomic mass is 10.1. The third-order valence-electron chi connectivity index (χ3n) is 5.75. The molecule has 1 aliphatic rings. The fourth-order valence-corrected chi connectivity index (χ4v) is 3.97. The van der Waals surface area contributed by atoms with Crippen LogP contribution in [0.3, 0.4) is 0 Å². The highest BCUT2D eigenvalue weighted by molar-refractivity contribution is 5.79. The van der Waals surface area contributed by atoms with E-state index in [1.807, 2.05) is 12.1 Å². The molecule has 2 aromatic carbocycles. The van der Waals surface area contributed by atoms with Crippen LogP contribution in [0.15, 0.2) is 41.4 Å². The van der Waals surface area contributed by atoms with Crippen molar-refractivity contribution >= 4 is 5.96 Å². The molecule has 1 heterocycles. The molecule has 0 bridgehead atoms. The Morgan fingerprint density at radius 2 is 1.38 bits per heavy atom. The quantitative estimate of drug-likeness (QED) is 0.459. The molecule has 32 heavy (non-hydrogen) atoms. The lowest BCUT2D eigenvalue weighted by Crippen LogP contribution is -2.36. The second-order valence-electron chi connectivity index (χ2n) is 7.97. The number of likely N-dealkylation sites (tertiary alicyclic amines) is 1. The molecule has 174 valence electrons. The van der Waals surface area contributed by atoms with Gasteiger partial charge in [0.05, 0.1) is 21.3 Å². The van der Waals surface area contributed by atoms with Gasteiger partial charge in [0.2, 0.25) is 5.75 Å². The molecule has 1 aliphatic heterocycles. The van der Waals surface area contributed by atoms with E-state index in [0.29, 0.717) is 30.3 Å². The number of methoxy groups -OCH3 is 3. The Kier molecular flexibility index (Phi) is 9.04. The first-order chi connectivity index (χ1) is 15.7. The van der Waals surface area contributed by atoms with Crippen molar-refractivity contribution in [3.8, 4) is 17.2 Å². The molecule has 1 fully saturated rings. The third kappa shape index (κ3) is 6.53. The maximum atomic E-state index is 5.43. The van der Waals surface area contributed by atoms with Crippen molar-refractivity contribution < 1.29 is 14.2 Å². The van der Waals surface area contributed by atoms with Gasteiger partial charge in [-0.3, -0.25) is 9.89 Å². The minimum atomic E-state index is 0.575. The van der Waals surface area contributed by atoms with Crippen LogP contribution in [0.2, 0.25) is 0 Å². The zero-order valence-electron chi connectivity index (χ0n) is 19.7. The molecule has 0 aliphatic carbocycles. The lowest BCUT2D eigenvalue weighted by molar-refractivity contribution is 0.221. The van der Waals surface area contributed by atoms with E-state index in [1.165, 1.54) is 43.5 Å². The molecule has 2 N–H and O–H groups in total. The van der Waals surface area contributed by atoms with Gasteiger partial charge in [-0.1, -0.05) is 30.7 Å². The standard InChI is InChI=1S/C25H36N4O3/c1-26-25(28-17-21-14-22(30-2)24(32-4)23(15-21)31-3)27-16-19-8-10-20(11-9-19)18-29-12-6-5-7-13-29/h8-11,14-15H,5-7,12-13,16-18H2,1-4H3,(H2,26,27,28). The summed E-state index contributed by atoms with van der Waals surface area (Å²) in [5, 5.41) is 6.72. The van der Waals surface area contributed by atoms with Gasteiger partial charge in [-0.15, -0.1) is 0 Å². The normalized spacial score (nSPS) is 14.7. The summed E-state index contributed by atoms with van der Waals surface area (Å²) in [5.41, 5.74) is 3.60. The molecule has 7 nitrogen and oxygen atoms in total. The van der Waals surface area contributed by atoms with Crippen molar-refractivity contribution in [3.05, 3.63) is 53.1 Å². The summed E-state index contributed by atoms with van der Waals surface area (Å²) in [6, 6.07) is 12.7. The zero-order valence-corrected chi connectivity index (χ0v) is 19.7. The second kappa shape index (κ2) is 12.2. The molecule has 0 aromatic heterocycles. The van der Waals surface area contributed by atoms with Crippen LogP contribution in [0.1, 0.15) is 36.0 Å². The first kappa shape index (κ1) is 23.7. The Hall–Kier alpha value is -2.93. The molecule has 0 radical (unpaired) electrons. The zero-order chi connectivity index (χ0) is 22.8. The van der Waals surface area contributed by atoms with Gasteiger partial charge in [-0.2, -0.15) is 0 Å². The summed E-state index contributed by atoms with van der Waals surface area (Å²) in [7, 11) is 6.61. The average molecular weight is 441 g/mol. The van der Waals surface area contributed by atoms with E-state index in [-0.39, 0.29) is 0 Å². The van der Waals surface area contributed by atoms with Gasteiger partial charge in [0.1, 0.15) is 0 Å². The summed E-state index contributed by atoms with van der Waals surface area (Å²) < 4.78 is 16.3. The topological polar surface area (TPSA) is 67.4 Å². The van der Waals surface area contributed by atoms with Crippen molar-refractivity contribution in [1.29, 1.82) is 0 Å². The van der Waals surface area contributed by atoms with Gasteiger partial charge >= 0.3 is 0 Å². The van der Waals surface area contributed by atoms with Crippen LogP contribution < -0.4 is 24.8 Å². The van der Waals surface area contributed by atoms with E-state index in [9.17, 15) is 0 Å². The molecule has 0 unspecified atom stereocenters. The van der Waals surface area contributed by atoms with E-state index in [1.54, 1.807) is 28.4 Å². The number of guanidine groups is 1. The number of nitrogens with zero attached hydrogens (tertiary/aromatic N) is 2. The molecule has 0 amide bonds. The minimum Gasteiger partial charge on any atom is -0.493 e. The van der Waals surface area contributed by atoms with Crippen molar-refractivity contribution in [3.63, 3.8) is 0 Å². The number of aliphatic imine (C=N–C) groups is 1. The second-order valence-corrected chi connectivity index (χ2v) is 7.97. The van der Waals surface area contributed by atoms with Crippen molar-refractivity contribution in [2.75, 3.05) is 41.5 Å². The largest absolute Gasteiger partial charge is 0.493 e. The van der Waals surface area contributed by atoms with Gasteiger partial charge in [0.25, 0.3) is 0 Å². The van der Waals surface area contributed by atoms with Crippen LogP contribution in [0.25, 0.3) is 0 Å². The number of piperidine rings is 1. The Morgan fingerprint density at radius 3 is 1.91 bits per heavy atom. The SMILES string of the molecule is CN=C(NCc1ccc(CN2CCCCC2)cc1)NCc1cc(OC)c(OC)c(OC)c1. The summed E-state index contributed by atoms with van der Waals surface area (Å²) in [6.45, 7) is 4.77. The Balaban J connectivity index is 1.52. The Labute approximate surface area is 191 Å². The summed E-state index contributed by atoms with van der Waals surface area (Å²) >= 11 is 0. The van der Waals surface area contributed by atoms with Crippen molar-refractivity contribution in [2.24, 2.45) is 4.99 Å². The van der Waals surface area contributed by atoms with Crippen LogP contribution in [0.4, 0.5) is 0 Å². The van der Waals surface area contributed by atoms with E-state index in [2.05, 4.69) is 44.8 Å². The van der Waals surface area contributed by atoms with Crippen LogP contribution >= 0.6 is 0 Å². The molecular weight excluding hydrogens is 404 g/mol. The molecule has 0 saturated carbocycles. The fraction of sp³-hybridized carbons (Fsp3) is 0.480. The molecule has 0 atom stereocenters. The third-order valence-corrected chi connectivity index (χ3v) is 5.75. The number of ether oxygens (including phenoxy) is 3. The molecule has 3 rings (SSSR count). The summed E-state index contributed by atoms with van der Waals surface area (Å²) in [5.74, 6) is 2.59. The molecule has 1 saturated heterocycles. The van der Waals surface area contributed by atoms with Gasteiger partial charge in [0.15, 0.2) is 17.5 Å². The van der Waals surface area contributed by atoms with Crippen LogP contribution in [-0.4, -0.2) is 52.3 Å². The first-order valence-corrected chi connectivity index (χ1v) is 11.2. The van der Waals surface area contributed by atoms with E-state index in [0.717, 1.165) is 18.1 Å². The maximum Gasteiger partial charge on any atom is 0.203 e.